The Morgan fingerprint density at radius 1 is 1.06 bits per heavy atom. The molecule has 2 fully saturated rings. The molecule has 3 amide bonds. The zero-order chi connectivity index (χ0) is 23.4. The largest absolute Gasteiger partial charge is 0.497 e. The van der Waals surface area contributed by atoms with Crippen molar-refractivity contribution in [3.63, 3.8) is 0 Å². The van der Waals surface area contributed by atoms with Gasteiger partial charge in [-0.25, -0.2) is 0 Å². The highest BCUT2D eigenvalue weighted by Gasteiger charge is 2.46. The van der Waals surface area contributed by atoms with E-state index in [1.165, 1.54) is 11.3 Å². The number of nitrogens with zero attached hydrogens (tertiary/aromatic N) is 3. The normalized spacial score (nSPS) is 20.9. The third-order valence-electron chi connectivity index (χ3n) is 6.57. The third-order valence-corrected chi connectivity index (χ3v) is 7.43. The number of carbonyl (C=O) groups is 3. The number of carbonyl (C=O) groups excluding carboxylic acids is 3. The van der Waals surface area contributed by atoms with Crippen LogP contribution in [0.5, 0.6) is 5.75 Å². The highest BCUT2D eigenvalue weighted by Crippen LogP contribution is 2.40. The zero-order valence-corrected chi connectivity index (χ0v) is 20.1. The fraction of sp³-hybridized carbons (Fsp3) is 0.480. The van der Waals surface area contributed by atoms with Crippen molar-refractivity contribution in [1.29, 1.82) is 0 Å². The average Bonchev–Trinajstić information content (AvgIpc) is 3.50. The highest BCUT2D eigenvalue weighted by molar-refractivity contribution is 7.12. The molecule has 0 radical (unpaired) electrons. The van der Waals surface area contributed by atoms with Gasteiger partial charge >= 0.3 is 0 Å². The molecule has 2 aromatic rings. The maximum atomic E-state index is 13.6. The van der Waals surface area contributed by atoms with E-state index in [0.717, 1.165) is 29.0 Å². The summed E-state index contributed by atoms with van der Waals surface area (Å²) >= 11 is 1.44. The molecule has 1 aromatic heterocycles. The fourth-order valence-electron chi connectivity index (χ4n) is 4.74. The van der Waals surface area contributed by atoms with E-state index in [9.17, 15) is 14.4 Å². The van der Waals surface area contributed by atoms with Crippen molar-refractivity contribution in [2.45, 2.75) is 32.2 Å². The van der Waals surface area contributed by atoms with Gasteiger partial charge in [-0.15, -0.1) is 11.3 Å². The summed E-state index contributed by atoms with van der Waals surface area (Å²) in [4.78, 5) is 45.4. The molecule has 4 rings (SSSR count). The minimum atomic E-state index is -0.415. The minimum Gasteiger partial charge on any atom is -0.497 e. The Bertz CT molecular complexity index is 968. The lowest BCUT2D eigenvalue weighted by molar-refractivity contribution is -0.138. The first-order valence-corrected chi connectivity index (χ1v) is 12.5. The number of methoxy groups -OCH3 is 1. The quantitative estimate of drug-likeness (QED) is 0.623. The first kappa shape index (κ1) is 23.3. The van der Waals surface area contributed by atoms with E-state index in [0.29, 0.717) is 32.7 Å². The maximum Gasteiger partial charge on any atom is 0.264 e. The van der Waals surface area contributed by atoms with E-state index in [4.69, 9.17) is 4.74 Å². The lowest BCUT2D eigenvalue weighted by atomic mass is 9.91. The molecule has 2 aliphatic heterocycles. The minimum absolute atomic E-state index is 0.00592. The molecule has 0 saturated carbocycles. The van der Waals surface area contributed by atoms with Gasteiger partial charge in [-0.1, -0.05) is 31.5 Å². The molecule has 176 valence electrons. The molecule has 2 aliphatic rings. The Labute approximate surface area is 198 Å². The predicted molar refractivity (Wildman–Crippen MR) is 127 cm³/mol. The summed E-state index contributed by atoms with van der Waals surface area (Å²) in [6.45, 7) is 4.75. The van der Waals surface area contributed by atoms with Crippen molar-refractivity contribution in [3.05, 3.63) is 52.2 Å². The fourth-order valence-corrected chi connectivity index (χ4v) is 5.43. The SMILES string of the molecule is CCCCN1C(=O)C[C@@H](C(=O)N2CCN(C(=O)c3cccs3)CC2)[C@H]1c1ccc(OC)cc1. The molecule has 0 bridgehead atoms. The van der Waals surface area contributed by atoms with E-state index in [-0.39, 0.29) is 30.2 Å². The first-order valence-electron chi connectivity index (χ1n) is 11.6. The van der Waals surface area contributed by atoms with Gasteiger partial charge in [0, 0.05) is 39.1 Å². The average molecular weight is 470 g/mol. The van der Waals surface area contributed by atoms with E-state index < -0.39 is 5.92 Å². The van der Waals surface area contributed by atoms with Gasteiger partial charge in [0.2, 0.25) is 11.8 Å². The van der Waals surface area contributed by atoms with Gasteiger partial charge in [0.05, 0.1) is 23.9 Å². The molecule has 1 aromatic carbocycles. The van der Waals surface area contributed by atoms with Gasteiger partial charge in [0.1, 0.15) is 5.75 Å². The lowest BCUT2D eigenvalue weighted by Gasteiger charge is -2.37. The summed E-state index contributed by atoms with van der Waals surface area (Å²) in [6, 6.07) is 11.1. The Morgan fingerprint density at radius 2 is 1.76 bits per heavy atom. The van der Waals surface area contributed by atoms with Crippen LogP contribution >= 0.6 is 11.3 Å². The van der Waals surface area contributed by atoms with E-state index in [1.807, 2.05) is 56.5 Å². The van der Waals surface area contributed by atoms with Crippen LogP contribution in [0.25, 0.3) is 0 Å². The van der Waals surface area contributed by atoms with E-state index >= 15 is 0 Å². The molecule has 8 heteroatoms. The smallest absolute Gasteiger partial charge is 0.264 e. The number of amides is 3. The van der Waals surface area contributed by atoms with Crippen molar-refractivity contribution >= 4 is 29.1 Å². The molecular formula is C25H31N3O4S. The summed E-state index contributed by atoms with van der Waals surface area (Å²) < 4.78 is 5.28. The number of likely N-dealkylation sites (tertiary alicyclic amines) is 1. The molecule has 7 nitrogen and oxygen atoms in total. The number of unbranched alkanes of at least 4 members (excludes halogenated alkanes) is 1. The molecule has 0 unspecified atom stereocenters. The lowest BCUT2D eigenvalue weighted by Crippen LogP contribution is -2.52. The molecular weight excluding hydrogens is 438 g/mol. The number of benzene rings is 1. The summed E-state index contributed by atoms with van der Waals surface area (Å²) in [5.41, 5.74) is 0.961. The zero-order valence-electron chi connectivity index (χ0n) is 19.2. The molecule has 2 saturated heterocycles. The van der Waals surface area contributed by atoms with Gasteiger partial charge < -0.3 is 19.4 Å². The first-order chi connectivity index (χ1) is 16.0. The monoisotopic (exact) mass is 469 g/mol. The third kappa shape index (κ3) is 4.90. The molecule has 3 heterocycles. The van der Waals surface area contributed by atoms with Gasteiger partial charge in [-0.05, 0) is 35.6 Å². The standard InChI is InChI=1S/C25H31N3O4S/c1-3-4-11-28-22(29)17-20(23(28)18-7-9-19(32-2)10-8-18)24(30)26-12-14-27(15-13-26)25(31)21-6-5-16-33-21/h5-10,16,20,23H,3-4,11-15,17H2,1-2H3/t20-,23-/m1/s1. The number of thiophene rings is 1. The molecule has 33 heavy (non-hydrogen) atoms. The Morgan fingerprint density at radius 3 is 2.36 bits per heavy atom. The van der Waals surface area contributed by atoms with Crippen LogP contribution in [0.2, 0.25) is 0 Å². The van der Waals surface area contributed by atoms with Crippen molar-refractivity contribution in [2.24, 2.45) is 5.92 Å². The van der Waals surface area contributed by atoms with Crippen LogP contribution in [0.15, 0.2) is 41.8 Å². The predicted octanol–water partition coefficient (Wildman–Crippen LogP) is 3.43. The van der Waals surface area contributed by atoms with Crippen LogP contribution in [-0.4, -0.2) is 72.3 Å². The van der Waals surface area contributed by atoms with Gasteiger partial charge in [0.15, 0.2) is 0 Å². The van der Waals surface area contributed by atoms with Crippen molar-refractivity contribution in [2.75, 3.05) is 39.8 Å². The summed E-state index contributed by atoms with van der Waals surface area (Å²) in [5, 5.41) is 1.90. The number of piperazine rings is 1. The van der Waals surface area contributed by atoms with Gasteiger partial charge in [-0.2, -0.15) is 0 Å². The summed E-state index contributed by atoms with van der Waals surface area (Å²) in [7, 11) is 1.62. The van der Waals surface area contributed by atoms with E-state index in [1.54, 1.807) is 7.11 Å². The van der Waals surface area contributed by atoms with Gasteiger partial charge in [-0.3, -0.25) is 14.4 Å². The molecule has 2 atom stereocenters. The van der Waals surface area contributed by atoms with Crippen molar-refractivity contribution in [3.8, 4) is 5.75 Å². The summed E-state index contributed by atoms with van der Waals surface area (Å²) in [5.74, 6) is 0.399. The number of hydrogen-bond donors (Lipinski definition) is 0. The Balaban J connectivity index is 1.48. The Hall–Kier alpha value is -2.87. The molecule has 0 spiro atoms. The molecule has 0 N–H and O–H groups in total. The number of rotatable bonds is 7. The van der Waals surface area contributed by atoms with Crippen LogP contribution in [0.3, 0.4) is 0 Å². The van der Waals surface area contributed by atoms with E-state index in [2.05, 4.69) is 6.92 Å². The van der Waals surface area contributed by atoms with Crippen LogP contribution in [-0.2, 0) is 9.59 Å². The summed E-state index contributed by atoms with van der Waals surface area (Å²) in [6.07, 6.45) is 2.12. The highest BCUT2D eigenvalue weighted by atomic mass is 32.1. The molecule has 0 aliphatic carbocycles. The second-order valence-electron chi connectivity index (χ2n) is 8.56. The van der Waals surface area contributed by atoms with Crippen molar-refractivity contribution in [1.82, 2.24) is 14.7 Å². The van der Waals surface area contributed by atoms with Crippen LogP contribution in [0, 0.1) is 5.92 Å². The maximum absolute atomic E-state index is 13.6. The van der Waals surface area contributed by atoms with Crippen molar-refractivity contribution < 1.29 is 19.1 Å². The van der Waals surface area contributed by atoms with Crippen LogP contribution in [0.1, 0.15) is 47.5 Å². The van der Waals surface area contributed by atoms with Crippen LogP contribution < -0.4 is 4.74 Å². The van der Waals surface area contributed by atoms with Crippen LogP contribution in [0.4, 0.5) is 0 Å². The second-order valence-corrected chi connectivity index (χ2v) is 9.51. The number of ether oxygens (including phenoxy) is 1. The number of hydrogen-bond acceptors (Lipinski definition) is 5. The Kier molecular flexibility index (Phi) is 7.33. The second kappa shape index (κ2) is 10.4. The topological polar surface area (TPSA) is 70.2 Å². The van der Waals surface area contributed by atoms with Gasteiger partial charge in [0.25, 0.3) is 5.91 Å².